The van der Waals surface area contributed by atoms with Gasteiger partial charge in [-0.25, -0.2) is 0 Å². The van der Waals surface area contributed by atoms with Crippen LogP contribution in [-0.2, 0) is 16.1 Å². The largest absolute Gasteiger partial charge is 0.481 e. The van der Waals surface area contributed by atoms with Crippen molar-refractivity contribution in [3.63, 3.8) is 0 Å². The van der Waals surface area contributed by atoms with Crippen molar-refractivity contribution in [2.75, 3.05) is 6.61 Å². The highest BCUT2D eigenvalue weighted by Crippen LogP contribution is 2.58. The second-order valence-corrected chi connectivity index (χ2v) is 6.27. The number of ether oxygens (including phenoxy) is 1. The van der Waals surface area contributed by atoms with Gasteiger partial charge in [0.2, 0.25) is 0 Å². The van der Waals surface area contributed by atoms with E-state index in [9.17, 15) is 4.79 Å². The molecule has 0 radical (unpaired) electrons. The zero-order valence-electron chi connectivity index (χ0n) is 10.8. The van der Waals surface area contributed by atoms with Crippen LogP contribution >= 0.6 is 23.2 Å². The minimum absolute atomic E-state index is 0.0475. The molecule has 2 atom stereocenters. The Morgan fingerprint density at radius 3 is 2.42 bits per heavy atom. The molecule has 2 unspecified atom stereocenters. The Morgan fingerprint density at radius 1 is 1.37 bits per heavy atom. The number of benzene rings is 1. The molecular weight excluding hydrogens is 287 g/mol. The Kier molecular flexibility index (Phi) is 4.09. The lowest BCUT2D eigenvalue weighted by atomic mass is 10.1. The molecule has 1 aromatic carbocycles. The van der Waals surface area contributed by atoms with Crippen LogP contribution in [0.2, 0.25) is 10.0 Å². The van der Waals surface area contributed by atoms with E-state index in [0.717, 1.165) is 5.56 Å². The average molecular weight is 303 g/mol. The Hall–Kier alpha value is -0.770. The molecule has 0 amide bonds. The standard InChI is InChI=1S/C14H16Cl2O3/c1-14(2)9(12(14)13(17)18)7-19-6-8-10(15)4-3-5-11(8)16/h3-5,9,12H,6-7H2,1-2H3,(H,17,18). The van der Waals surface area contributed by atoms with Gasteiger partial charge in [-0.05, 0) is 17.5 Å². The monoisotopic (exact) mass is 302 g/mol. The SMILES string of the molecule is CC1(C)C(COCc2c(Cl)cccc2Cl)C1C(=O)O. The molecule has 0 saturated heterocycles. The van der Waals surface area contributed by atoms with Gasteiger partial charge in [0.05, 0.1) is 19.1 Å². The van der Waals surface area contributed by atoms with Crippen molar-refractivity contribution in [1.29, 1.82) is 0 Å². The lowest BCUT2D eigenvalue weighted by Crippen LogP contribution is -2.05. The van der Waals surface area contributed by atoms with Gasteiger partial charge in [-0.2, -0.15) is 0 Å². The number of hydrogen-bond donors (Lipinski definition) is 1. The summed E-state index contributed by atoms with van der Waals surface area (Å²) >= 11 is 12.1. The van der Waals surface area contributed by atoms with E-state index in [4.69, 9.17) is 33.0 Å². The molecule has 3 nitrogen and oxygen atoms in total. The molecule has 0 aromatic heterocycles. The first-order chi connectivity index (χ1) is 8.85. The molecule has 1 aromatic rings. The third kappa shape index (κ3) is 2.88. The Labute approximate surface area is 122 Å². The zero-order valence-corrected chi connectivity index (χ0v) is 12.3. The summed E-state index contributed by atoms with van der Waals surface area (Å²) in [4.78, 5) is 11.0. The number of carboxylic acids is 1. The molecule has 1 aliphatic carbocycles. The second kappa shape index (κ2) is 5.31. The van der Waals surface area contributed by atoms with Crippen LogP contribution in [0.1, 0.15) is 19.4 Å². The summed E-state index contributed by atoms with van der Waals surface area (Å²) in [6, 6.07) is 5.29. The fourth-order valence-corrected chi connectivity index (χ4v) is 3.01. The summed E-state index contributed by atoms with van der Waals surface area (Å²) in [6.45, 7) is 4.60. The molecule has 19 heavy (non-hydrogen) atoms. The van der Waals surface area contributed by atoms with Crippen LogP contribution in [-0.4, -0.2) is 17.7 Å². The number of carbonyl (C=O) groups is 1. The van der Waals surface area contributed by atoms with E-state index in [1.54, 1.807) is 18.2 Å². The summed E-state index contributed by atoms with van der Waals surface area (Å²) in [5.74, 6) is -1.03. The molecule has 1 saturated carbocycles. The first kappa shape index (κ1) is 14.6. The fraction of sp³-hybridized carbons (Fsp3) is 0.500. The summed E-state index contributed by atoms with van der Waals surface area (Å²) in [7, 11) is 0. The number of rotatable bonds is 5. The Morgan fingerprint density at radius 2 is 1.95 bits per heavy atom. The van der Waals surface area contributed by atoms with Crippen molar-refractivity contribution < 1.29 is 14.6 Å². The van der Waals surface area contributed by atoms with Crippen molar-refractivity contribution in [3.05, 3.63) is 33.8 Å². The second-order valence-electron chi connectivity index (χ2n) is 5.46. The topological polar surface area (TPSA) is 46.5 Å². The molecular formula is C14H16Cl2O3. The highest BCUT2D eigenvalue weighted by molar-refractivity contribution is 6.35. The van der Waals surface area contributed by atoms with E-state index in [1.165, 1.54) is 0 Å². The van der Waals surface area contributed by atoms with Crippen LogP contribution in [0.25, 0.3) is 0 Å². The van der Waals surface area contributed by atoms with Gasteiger partial charge in [0, 0.05) is 21.5 Å². The highest BCUT2D eigenvalue weighted by atomic mass is 35.5. The van der Waals surface area contributed by atoms with Gasteiger partial charge in [0.25, 0.3) is 0 Å². The lowest BCUT2D eigenvalue weighted by Gasteiger charge is -2.08. The van der Waals surface area contributed by atoms with Gasteiger partial charge >= 0.3 is 5.97 Å². The predicted octanol–water partition coefficient (Wildman–Crippen LogP) is 3.87. The summed E-state index contributed by atoms with van der Waals surface area (Å²) in [5, 5.41) is 10.2. The van der Waals surface area contributed by atoms with Gasteiger partial charge in [0.1, 0.15) is 0 Å². The molecule has 1 aliphatic rings. The number of carboxylic acid groups (broad SMARTS) is 1. The van der Waals surface area contributed by atoms with E-state index in [-0.39, 0.29) is 17.3 Å². The maximum Gasteiger partial charge on any atom is 0.307 e. The highest BCUT2D eigenvalue weighted by Gasteiger charge is 2.61. The van der Waals surface area contributed by atoms with Crippen molar-refractivity contribution in [1.82, 2.24) is 0 Å². The summed E-state index contributed by atoms with van der Waals surface area (Å²) in [6.07, 6.45) is 0. The van der Waals surface area contributed by atoms with E-state index in [2.05, 4.69) is 0 Å². The van der Waals surface area contributed by atoms with Crippen LogP contribution in [0.5, 0.6) is 0 Å². The summed E-state index contributed by atoms with van der Waals surface area (Å²) in [5.41, 5.74) is 0.548. The van der Waals surface area contributed by atoms with Crippen LogP contribution in [0.4, 0.5) is 0 Å². The number of halogens is 2. The first-order valence-corrected chi connectivity index (χ1v) is 6.84. The van der Waals surface area contributed by atoms with Crippen LogP contribution < -0.4 is 0 Å². The van der Waals surface area contributed by atoms with Crippen LogP contribution in [0.15, 0.2) is 18.2 Å². The number of aliphatic carboxylic acids is 1. The minimum atomic E-state index is -0.755. The molecule has 1 fully saturated rings. The smallest absolute Gasteiger partial charge is 0.307 e. The maximum atomic E-state index is 11.0. The van der Waals surface area contributed by atoms with Crippen molar-refractivity contribution in [2.24, 2.45) is 17.3 Å². The molecule has 0 heterocycles. The van der Waals surface area contributed by atoms with E-state index >= 15 is 0 Å². The van der Waals surface area contributed by atoms with Crippen LogP contribution in [0, 0.1) is 17.3 Å². The average Bonchev–Trinajstić information content (AvgIpc) is 2.85. The molecule has 104 valence electrons. The van der Waals surface area contributed by atoms with Gasteiger partial charge in [-0.15, -0.1) is 0 Å². The molecule has 0 spiro atoms. The van der Waals surface area contributed by atoms with Crippen LogP contribution in [0.3, 0.4) is 0 Å². The molecule has 5 heteroatoms. The maximum absolute atomic E-state index is 11.0. The number of hydrogen-bond acceptors (Lipinski definition) is 2. The fourth-order valence-electron chi connectivity index (χ4n) is 2.50. The van der Waals surface area contributed by atoms with Crippen molar-refractivity contribution in [2.45, 2.75) is 20.5 Å². The van der Waals surface area contributed by atoms with Crippen molar-refractivity contribution in [3.8, 4) is 0 Å². The van der Waals surface area contributed by atoms with Gasteiger partial charge in [-0.3, -0.25) is 4.79 Å². The lowest BCUT2D eigenvalue weighted by molar-refractivity contribution is -0.139. The molecule has 2 rings (SSSR count). The quantitative estimate of drug-likeness (QED) is 0.898. The van der Waals surface area contributed by atoms with Crippen molar-refractivity contribution >= 4 is 29.2 Å². The van der Waals surface area contributed by atoms with Gasteiger partial charge < -0.3 is 9.84 Å². The molecule has 1 N–H and O–H groups in total. The van der Waals surface area contributed by atoms with E-state index < -0.39 is 5.97 Å². The molecule has 0 bridgehead atoms. The molecule has 0 aliphatic heterocycles. The van der Waals surface area contributed by atoms with E-state index in [1.807, 2.05) is 13.8 Å². The normalized spacial score (nSPS) is 24.2. The zero-order chi connectivity index (χ0) is 14.2. The van der Waals surface area contributed by atoms with E-state index in [0.29, 0.717) is 23.3 Å². The Balaban J connectivity index is 1.90. The van der Waals surface area contributed by atoms with Gasteiger partial charge in [0.15, 0.2) is 0 Å². The van der Waals surface area contributed by atoms with Gasteiger partial charge in [-0.1, -0.05) is 43.1 Å². The predicted molar refractivity (Wildman–Crippen MR) is 74.5 cm³/mol. The Bertz CT molecular complexity index is 479. The third-order valence-electron chi connectivity index (χ3n) is 3.92. The minimum Gasteiger partial charge on any atom is -0.481 e. The first-order valence-electron chi connectivity index (χ1n) is 6.09. The summed E-state index contributed by atoms with van der Waals surface area (Å²) < 4.78 is 5.59. The third-order valence-corrected chi connectivity index (χ3v) is 4.63.